The topological polar surface area (TPSA) is 136 Å². The van der Waals surface area contributed by atoms with Gasteiger partial charge in [-0.15, -0.1) is 0 Å². The quantitative estimate of drug-likeness (QED) is 0.385. The number of nitrogens with zero attached hydrogens (tertiary/aromatic N) is 5. The van der Waals surface area contributed by atoms with Crippen LogP contribution in [0.5, 0.6) is 5.88 Å². The average molecular weight is 404 g/mol. The van der Waals surface area contributed by atoms with Crippen molar-refractivity contribution in [1.82, 2.24) is 29.5 Å². The number of rotatable bonds is 5. The van der Waals surface area contributed by atoms with Crippen LogP contribution in [0.15, 0.2) is 46.4 Å². The largest absolute Gasteiger partial charge is 0.493 e. The van der Waals surface area contributed by atoms with Gasteiger partial charge in [0.05, 0.1) is 24.0 Å². The minimum atomic E-state index is -0.487. The second-order valence-corrected chi connectivity index (χ2v) is 7.30. The summed E-state index contributed by atoms with van der Waals surface area (Å²) in [5, 5.41) is 18.3. The zero-order valence-electron chi connectivity index (χ0n) is 16.2. The Labute approximate surface area is 170 Å². The minimum Gasteiger partial charge on any atom is -0.493 e. The van der Waals surface area contributed by atoms with Crippen LogP contribution in [-0.4, -0.2) is 40.7 Å². The molecule has 1 saturated carbocycles. The second kappa shape index (κ2) is 7.14. The summed E-state index contributed by atoms with van der Waals surface area (Å²) in [6.07, 6.45) is 7.14. The van der Waals surface area contributed by atoms with Crippen LogP contribution in [-0.2, 0) is 0 Å². The third kappa shape index (κ3) is 3.54. The van der Waals surface area contributed by atoms with Crippen molar-refractivity contribution in [3.05, 3.63) is 69.2 Å². The van der Waals surface area contributed by atoms with E-state index in [2.05, 4.69) is 25.4 Å². The first-order chi connectivity index (χ1) is 14.6. The summed E-state index contributed by atoms with van der Waals surface area (Å²) in [5.74, 6) is 0.405. The van der Waals surface area contributed by atoms with Crippen molar-refractivity contribution in [2.45, 2.75) is 31.8 Å². The number of pyridine rings is 1. The van der Waals surface area contributed by atoms with E-state index in [1.807, 2.05) is 31.2 Å². The van der Waals surface area contributed by atoms with Crippen molar-refractivity contribution in [2.75, 3.05) is 5.32 Å². The highest BCUT2D eigenvalue weighted by atomic mass is 16.3. The van der Waals surface area contributed by atoms with Crippen molar-refractivity contribution >= 4 is 17.5 Å². The molecule has 5 rings (SSSR count). The molecule has 1 unspecified atom stereocenters. The van der Waals surface area contributed by atoms with E-state index in [0.29, 0.717) is 28.2 Å². The summed E-state index contributed by atoms with van der Waals surface area (Å²) in [5.41, 5.74) is 1.94. The molecular weight excluding hydrogens is 384 g/mol. The van der Waals surface area contributed by atoms with E-state index in [1.54, 1.807) is 23.0 Å². The fourth-order valence-corrected chi connectivity index (χ4v) is 3.20. The summed E-state index contributed by atoms with van der Waals surface area (Å²) in [4.78, 5) is 30.1. The number of hydrogen-bond donors (Lipinski definition) is 4. The normalized spacial score (nSPS) is 16.3. The first kappa shape index (κ1) is 18.1. The zero-order valence-corrected chi connectivity index (χ0v) is 16.2. The summed E-state index contributed by atoms with van der Waals surface area (Å²) in [6, 6.07) is 7.89. The van der Waals surface area contributed by atoms with Gasteiger partial charge < -0.3 is 15.4 Å². The van der Waals surface area contributed by atoms with Gasteiger partial charge in [0.15, 0.2) is 11.1 Å². The number of hydrogen-bond acceptors (Lipinski definition) is 7. The highest BCUT2D eigenvalue weighted by Gasteiger charge is 2.20. The molecule has 0 bridgehead atoms. The highest BCUT2D eigenvalue weighted by Crippen LogP contribution is 2.22. The molecule has 1 fully saturated rings. The third-order valence-corrected chi connectivity index (χ3v) is 4.87. The van der Waals surface area contributed by atoms with Gasteiger partial charge >= 0.3 is 5.69 Å². The Morgan fingerprint density at radius 3 is 2.93 bits per heavy atom. The second-order valence-electron chi connectivity index (χ2n) is 7.30. The van der Waals surface area contributed by atoms with E-state index >= 15 is 0 Å². The van der Waals surface area contributed by atoms with Crippen LogP contribution >= 0.6 is 0 Å². The summed E-state index contributed by atoms with van der Waals surface area (Å²) in [6.45, 7) is 2.01. The maximum Gasteiger partial charge on any atom is 0.326 e. The Morgan fingerprint density at radius 2 is 2.23 bits per heavy atom. The van der Waals surface area contributed by atoms with Gasteiger partial charge in [0, 0.05) is 17.5 Å². The Balaban J connectivity index is 1.63. The number of imidazole rings is 1. The number of fused-ring (bicyclic) bond motifs is 1. The van der Waals surface area contributed by atoms with Gasteiger partial charge in [0.1, 0.15) is 11.5 Å². The molecule has 0 radical (unpaired) electrons. The number of aromatic amines is 2. The lowest BCUT2D eigenvalue weighted by atomic mass is 10.2. The van der Waals surface area contributed by atoms with Gasteiger partial charge in [-0.1, -0.05) is 6.07 Å². The van der Waals surface area contributed by atoms with E-state index < -0.39 is 5.69 Å². The molecule has 0 saturated heterocycles. The maximum atomic E-state index is 11.4. The van der Waals surface area contributed by atoms with Crippen LogP contribution in [0.4, 0.5) is 5.82 Å². The van der Waals surface area contributed by atoms with Gasteiger partial charge in [0.25, 0.3) is 0 Å². The molecule has 10 nitrogen and oxygen atoms in total. The van der Waals surface area contributed by atoms with Crippen molar-refractivity contribution in [1.29, 1.82) is 0 Å². The van der Waals surface area contributed by atoms with Gasteiger partial charge in [0.2, 0.25) is 5.88 Å². The molecule has 30 heavy (non-hydrogen) atoms. The number of aromatic nitrogens is 6. The fourth-order valence-electron chi connectivity index (χ4n) is 3.20. The molecule has 0 spiro atoms. The maximum absolute atomic E-state index is 11.4. The van der Waals surface area contributed by atoms with E-state index in [4.69, 9.17) is 9.98 Å². The SMILES string of the molecule is CC(Nc1cc(=NC2CC2)n2nc/c(=C\c3[nH]c(=O)[nH]c3O)c2n1)c1ccccn1. The molecular formula is C20H20N8O2. The molecule has 0 amide bonds. The standard InChI is InChI=1S/C20H20N8O2/c1-11(14-4-2-3-7-21-14)23-16-9-17(24-13-5-6-13)28-18(26-16)12(10-22-28)8-15-19(29)27-20(30)25-15/h2-4,7-11,13,23,29H,5-6H2,1H3,(H2,25,27,30)/b12-8+,24-17?. The minimum absolute atomic E-state index is 0.0599. The number of nitrogens with one attached hydrogen (secondary N) is 3. The van der Waals surface area contributed by atoms with Gasteiger partial charge in [-0.3, -0.25) is 15.0 Å². The van der Waals surface area contributed by atoms with Crippen LogP contribution in [0.25, 0.3) is 11.7 Å². The lowest BCUT2D eigenvalue weighted by Crippen LogP contribution is -2.21. The zero-order chi connectivity index (χ0) is 20.7. The van der Waals surface area contributed by atoms with E-state index in [9.17, 15) is 9.90 Å². The first-order valence-electron chi connectivity index (χ1n) is 9.70. The predicted octanol–water partition coefficient (Wildman–Crippen LogP) is 0.630. The molecule has 4 N–H and O–H groups in total. The Bertz CT molecular complexity index is 1380. The monoisotopic (exact) mass is 404 g/mol. The van der Waals surface area contributed by atoms with Crippen molar-refractivity contribution in [3.8, 4) is 5.88 Å². The Kier molecular flexibility index (Phi) is 4.31. The van der Waals surface area contributed by atoms with E-state index in [-0.39, 0.29) is 17.6 Å². The number of H-pyrrole nitrogens is 2. The van der Waals surface area contributed by atoms with E-state index in [0.717, 1.165) is 18.5 Å². The summed E-state index contributed by atoms with van der Waals surface area (Å²) < 4.78 is 1.67. The van der Waals surface area contributed by atoms with Crippen LogP contribution in [0.3, 0.4) is 0 Å². The Morgan fingerprint density at radius 1 is 1.37 bits per heavy atom. The van der Waals surface area contributed by atoms with Crippen molar-refractivity contribution in [2.24, 2.45) is 4.99 Å². The van der Waals surface area contributed by atoms with Gasteiger partial charge in [-0.25, -0.2) is 9.78 Å². The Hall–Kier alpha value is -3.95. The molecule has 4 heterocycles. The molecule has 1 aliphatic rings. The molecule has 10 heteroatoms. The van der Waals surface area contributed by atoms with Crippen molar-refractivity contribution < 1.29 is 5.11 Å². The molecule has 0 aliphatic heterocycles. The van der Waals surface area contributed by atoms with Gasteiger partial charge in [-0.2, -0.15) is 9.61 Å². The number of aromatic hydroxyl groups is 1. The average Bonchev–Trinajstić information content (AvgIpc) is 3.37. The molecule has 1 aliphatic carbocycles. The lowest BCUT2D eigenvalue weighted by molar-refractivity contribution is 0.454. The predicted molar refractivity (Wildman–Crippen MR) is 110 cm³/mol. The molecule has 1 atom stereocenters. The molecule has 4 aromatic rings. The van der Waals surface area contributed by atoms with Crippen molar-refractivity contribution in [3.63, 3.8) is 0 Å². The van der Waals surface area contributed by atoms with E-state index in [1.165, 1.54) is 0 Å². The van der Waals surface area contributed by atoms with Crippen LogP contribution in [0, 0.1) is 0 Å². The molecule has 152 valence electrons. The molecule has 0 aromatic carbocycles. The highest BCUT2D eigenvalue weighted by molar-refractivity contribution is 5.58. The van der Waals surface area contributed by atoms with Crippen LogP contribution in [0.1, 0.15) is 37.2 Å². The lowest BCUT2D eigenvalue weighted by Gasteiger charge is -2.14. The van der Waals surface area contributed by atoms with Crippen LogP contribution in [0.2, 0.25) is 0 Å². The van der Waals surface area contributed by atoms with Crippen LogP contribution < -0.4 is 21.7 Å². The first-order valence-corrected chi connectivity index (χ1v) is 9.70. The summed E-state index contributed by atoms with van der Waals surface area (Å²) in [7, 11) is 0. The summed E-state index contributed by atoms with van der Waals surface area (Å²) >= 11 is 0. The third-order valence-electron chi connectivity index (χ3n) is 4.87. The number of anilines is 1. The van der Waals surface area contributed by atoms with Gasteiger partial charge in [-0.05, 0) is 38.0 Å². The smallest absolute Gasteiger partial charge is 0.326 e. The molecule has 4 aromatic heterocycles. The fraction of sp³-hybridized carbons (Fsp3) is 0.250.